The number of aliphatic hydroxyl groups excluding tert-OH is 1. The molecule has 2 aromatic rings. The first kappa shape index (κ1) is 14.8. The predicted molar refractivity (Wildman–Crippen MR) is 80.3 cm³/mol. The van der Waals surface area contributed by atoms with E-state index >= 15 is 0 Å². The van der Waals surface area contributed by atoms with Crippen LogP contribution in [0.2, 0.25) is 0 Å². The summed E-state index contributed by atoms with van der Waals surface area (Å²) in [5.41, 5.74) is 1.75. The Morgan fingerprint density at radius 1 is 1.45 bits per heavy atom. The van der Waals surface area contributed by atoms with Gasteiger partial charge in [-0.15, -0.1) is 0 Å². The normalized spacial score (nSPS) is 11.0. The molecule has 0 fully saturated rings. The largest absolute Gasteiger partial charge is 0.497 e. The van der Waals surface area contributed by atoms with Crippen LogP contribution in [0.5, 0.6) is 5.75 Å². The topological polar surface area (TPSA) is 65.6 Å². The number of thiazole rings is 1. The molecule has 0 saturated carbocycles. The smallest absolute Gasteiger partial charge is 0.305 e. The molecule has 1 aromatic carbocycles. The zero-order valence-corrected chi connectivity index (χ0v) is 12.4. The lowest BCUT2D eigenvalue weighted by molar-refractivity contribution is 0.218. The minimum Gasteiger partial charge on any atom is -0.497 e. The molecular weight excluding hydrogens is 276 g/mol. The van der Waals surface area contributed by atoms with Gasteiger partial charge in [-0.1, -0.05) is 23.5 Å². The highest BCUT2D eigenvalue weighted by Crippen LogP contribution is 2.27. The third-order valence-corrected chi connectivity index (χ3v) is 3.84. The molecule has 1 aromatic heterocycles. The maximum Gasteiger partial charge on any atom is 0.305 e. The van der Waals surface area contributed by atoms with E-state index in [0.29, 0.717) is 13.1 Å². The van der Waals surface area contributed by atoms with E-state index in [1.807, 2.05) is 36.2 Å². The molecule has 0 aliphatic rings. The molecule has 0 atom stereocenters. The van der Waals surface area contributed by atoms with Gasteiger partial charge in [0.2, 0.25) is 0 Å². The number of hydrogen-bond donors (Lipinski definition) is 2. The third kappa shape index (κ3) is 3.47. The fourth-order valence-electron chi connectivity index (χ4n) is 1.98. The minimum atomic E-state index is -0.0739. The number of methoxy groups -OCH3 is 1. The summed E-state index contributed by atoms with van der Waals surface area (Å²) in [6, 6.07) is 7.60. The number of aromatic nitrogens is 1. The molecule has 20 heavy (non-hydrogen) atoms. The van der Waals surface area contributed by atoms with Gasteiger partial charge >= 0.3 is 4.87 Å². The molecule has 0 unspecified atom stereocenters. The summed E-state index contributed by atoms with van der Waals surface area (Å²) in [7, 11) is 3.53. The summed E-state index contributed by atoms with van der Waals surface area (Å²) >= 11 is 1.20. The second kappa shape index (κ2) is 6.69. The van der Waals surface area contributed by atoms with Crippen LogP contribution in [0.15, 0.2) is 29.1 Å². The zero-order valence-electron chi connectivity index (χ0n) is 11.5. The molecule has 1 heterocycles. The van der Waals surface area contributed by atoms with Gasteiger partial charge in [-0.3, -0.25) is 9.69 Å². The number of aromatic amines is 1. The van der Waals surface area contributed by atoms with Crippen LogP contribution in [0.4, 0.5) is 0 Å². The quantitative estimate of drug-likeness (QED) is 0.848. The van der Waals surface area contributed by atoms with Gasteiger partial charge in [-0.2, -0.15) is 0 Å². The summed E-state index contributed by atoms with van der Waals surface area (Å²) in [5.74, 6) is 0.754. The van der Waals surface area contributed by atoms with E-state index in [1.165, 1.54) is 11.3 Å². The molecular formula is C14H18N2O3S. The van der Waals surface area contributed by atoms with E-state index in [0.717, 1.165) is 21.9 Å². The van der Waals surface area contributed by atoms with Gasteiger partial charge in [0.1, 0.15) is 5.75 Å². The average molecular weight is 294 g/mol. The van der Waals surface area contributed by atoms with Crippen molar-refractivity contribution in [3.8, 4) is 17.0 Å². The summed E-state index contributed by atoms with van der Waals surface area (Å²) in [4.78, 5) is 17.4. The first-order valence-electron chi connectivity index (χ1n) is 6.30. The van der Waals surface area contributed by atoms with Crippen LogP contribution in [0, 0.1) is 0 Å². The molecule has 0 radical (unpaired) electrons. The van der Waals surface area contributed by atoms with Gasteiger partial charge in [0, 0.05) is 23.5 Å². The van der Waals surface area contributed by atoms with Crippen LogP contribution in [-0.4, -0.2) is 42.3 Å². The Balaban J connectivity index is 2.33. The van der Waals surface area contributed by atoms with Gasteiger partial charge in [-0.25, -0.2) is 0 Å². The van der Waals surface area contributed by atoms with E-state index in [9.17, 15) is 4.79 Å². The Bertz CT molecular complexity index is 621. The van der Waals surface area contributed by atoms with E-state index in [-0.39, 0.29) is 11.5 Å². The number of likely N-dealkylation sites (N-methyl/N-ethyl adjacent to an activating group) is 1. The summed E-state index contributed by atoms with van der Waals surface area (Å²) in [6.07, 6.45) is 0. The van der Waals surface area contributed by atoms with Crippen LogP contribution in [0.1, 0.15) is 4.88 Å². The minimum absolute atomic E-state index is 0.0739. The fourth-order valence-corrected chi connectivity index (χ4v) is 2.91. The molecule has 0 spiro atoms. The van der Waals surface area contributed by atoms with Crippen molar-refractivity contribution >= 4 is 11.3 Å². The maximum absolute atomic E-state index is 11.6. The van der Waals surface area contributed by atoms with Crippen molar-refractivity contribution in [1.82, 2.24) is 9.88 Å². The lowest BCUT2D eigenvalue weighted by Gasteiger charge is -2.14. The lowest BCUT2D eigenvalue weighted by Crippen LogP contribution is -2.21. The van der Waals surface area contributed by atoms with Gasteiger partial charge < -0.3 is 14.8 Å². The second-order valence-corrected chi connectivity index (χ2v) is 5.57. The molecule has 2 N–H and O–H groups in total. The molecule has 0 amide bonds. The lowest BCUT2D eigenvalue weighted by atomic mass is 10.1. The van der Waals surface area contributed by atoms with Crippen molar-refractivity contribution in [2.24, 2.45) is 0 Å². The van der Waals surface area contributed by atoms with Gasteiger partial charge in [0.15, 0.2) is 0 Å². The molecule has 0 aliphatic carbocycles. The Kier molecular flexibility index (Phi) is 4.94. The number of ether oxygens (including phenoxy) is 1. The average Bonchev–Trinajstić information content (AvgIpc) is 2.80. The number of aliphatic hydroxyl groups is 1. The standard InChI is InChI=1S/C14H18N2O3S/c1-16(6-7-17)9-12-13(15-14(18)20-12)10-4-3-5-11(8-10)19-2/h3-5,8,17H,6-7,9H2,1-2H3,(H,15,18). The monoisotopic (exact) mass is 294 g/mol. The van der Waals surface area contributed by atoms with Crippen LogP contribution >= 0.6 is 11.3 Å². The summed E-state index contributed by atoms with van der Waals surface area (Å²) < 4.78 is 5.21. The zero-order chi connectivity index (χ0) is 14.5. The SMILES string of the molecule is COc1cccc(-c2[nH]c(=O)sc2CN(C)CCO)c1. The number of hydrogen-bond acceptors (Lipinski definition) is 5. The molecule has 108 valence electrons. The number of nitrogens with one attached hydrogen (secondary N) is 1. The van der Waals surface area contributed by atoms with Gasteiger partial charge in [0.25, 0.3) is 0 Å². The maximum atomic E-state index is 11.6. The molecule has 0 bridgehead atoms. The molecule has 6 heteroatoms. The number of benzene rings is 1. The van der Waals surface area contributed by atoms with E-state index < -0.39 is 0 Å². The van der Waals surface area contributed by atoms with Crippen molar-refractivity contribution in [3.05, 3.63) is 38.8 Å². The summed E-state index contributed by atoms with van der Waals surface area (Å²) in [6.45, 7) is 1.30. The Labute approximate surface area is 121 Å². The fraction of sp³-hybridized carbons (Fsp3) is 0.357. The van der Waals surface area contributed by atoms with Crippen molar-refractivity contribution < 1.29 is 9.84 Å². The van der Waals surface area contributed by atoms with E-state index in [4.69, 9.17) is 9.84 Å². The van der Waals surface area contributed by atoms with Crippen molar-refractivity contribution in [1.29, 1.82) is 0 Å². The third-order valence-electron chi connectivity index (χ3n) is 2.98. The Morgan fingerprint density at radius 2 is 2.25 bits per heavy atom. The molecule has 0 aliphatic heterocycles. The number of nitrogens with zero attached hydrogens (tertiary/aromatic N) is 1. The van der Waals surface area contributed by atoms with Crippen LogP contribution < -0.4 is 9.61 Å². The van der Waals surface area contributed by atoms with Gasteiger partial charge in [-0.05, 0) is 19.2 Å². The number of rotatable bonds is 6. The van der Waals surface area contributed by atoms with Crippen LogP contribution in [-0.2, 0) is 6.54 Å². The Morgan fingerprint density at radius 3 is 2.95 bits per heavy atom. The molecule has 0 saturated heterocycles. The number of H-pyrrole nitrogens is 1. The van der Waals surface area contributed by atoms with Crippen LogP contribution in [0.25, 0.3) is 11.3 Å². The second-order valence-electron chi connectivity index (χ2n) is 4.51. The van der Waals surface area contributed by atoms with Crippen molar-refractivity contribution in [2.75, 3.05) is 27.3 Å². The highest BCUT2D eigenvalue weighted by molar-refractivity contribution is 7.09. The summed E-state index contributed by atoms with van der Waals surface area (Å²) in [5, 5.41) is 8.95. The first-order valence-corrected chi connectivity index (χ1v) is 7.11. The van der Waals surface area contributed by atoms with E-state index in [1.54, 1.807) is 7.11 Å². The van der Waals surface area contributed by atoms with Crippen molar-refractivity contribution in [3.63, 3.8) is 0 Å². The van der Waals surface area contributed by atoms with Gasteiger partial charge in [0.05, 0.1) is 19.4 Å². The van der Waals surface area contributed by atoms with E-state index in [2.05, 4.69) is 4.98 Å². The molecule has 2 rings (SSSR count). The highest BCUT2D eigenvalue weighted by Gasteiger charge is 2.12. The Hall–Kier alpha value is -1.63. The van der Waals surface area contributed by atoms with Crippen LogP contribution in [0.3, 0.4) is 0 Å². The predicted octanol–water partition coefficient (Wildman–Crippen LogP) is 1.54. The highest BCUT2D eigenvalue weighted by atomic mass is 32.1. The first-order chi connectivity index (χ1) is 9.63. The molecule has 5 nitrogen and oxygen atoms in total. The van der Waals surface area contributed by atoms with Crippen molar-refractivity contribution in [2.45, 2.75) is 6.54 Å².